The first-order valence-corrected chi connectivity index (χ1v) is 6.09. The van der Waals surface area contributed by atoms with Crippen LogP contribution in [0.5, 0.6) is 0 Å². The van der Waals surface area contributed by atoms with Gasteiger partial charge >= 0.3 is 0 Å². The molecule has 1 rings (SSSR count). The molecular weight excluding hydrogens is 174 g/mol. The summed E-state index contributed by atoms with van der Waals surface area (Å²) in [6.07, 6.45) is 6.40. The first-order chi connectivity index (χ1) is 6.74. The van der Waals surface area contributed by atoms with E-state index in [1.54, 1.807) is 0 Å². The highest BCUT2D eigenvalue weighted by Crippen LogP contribution is 2.17. The first kappa shape index (κ1) is 12.0. The Hall–Kier alpha value is -0.0800. The third-order valence-electron chi connectivity index (χ3n) is 3.20. The fraction of sp³-hybridized carbons (Fsp3) is 1.00. The lowest BCUT2D eigenvalue weighted by atomic mass is 10.1. The van der Waals surface area contributed by atoms with Gasteiger partial charge in [-0.1, -0.05) is 26.7 Å². The Kier molecular flexibility index (Phi) is 5.49. The fourth-order valence-electron chi connectivity index (χ4n) is 2.16. The number of nitrogens with zero attached hydrogens (tertiary/aromatic N) is 1. The summed E-state index contributed by atoms with van der Waals surface area (Å²) in [6, 6.07) is 0.441. The number of hydrogen-bond donors (Lipinski definition) is 1. The van der Waals surface area contributed by atoms with Gasteiger partial charge in [0.05, 0.1) is 6.61 Å². The molecule has 1 unspecified atom stereocenters. The van der Waals surface area contributed by atoms with Crippen molar-refractivity contribution < 1.29 is 5.11 Å². The summed E-state index contributed by atoms with van der Waals surface area (Å²) < 4.78 is 0. The van der Waals surface area contributed by atoms with E-state index in [0.29, 0.717) is 12.6 Å². The van der Waals surface area contributed by atoms with Gasteiger partial charge in [0.15, 0.2) is 0 Å². The van der Waals surface area contributed by atoms with E-state index in [2.05, 4.69) is 18.7 Å². The van der Waals surface area contributed by atoms with Crippen LogP contribution in [0.2, 0.25) is 0 Å². The molecule has 0 aromatic heterocycles. The van der Waals surface area contributed by atoms with Gasteiger partial charge in [-0.2, -0.15) is 0 Å². The van der Waals surface area contributed by atoms with E-state index in [4.69, 9.17) is 0 Å². The van der Waals surface area contributed by atoms with Crippen molar-refractivity contribution in [2.24, 2.45) is 5.92 Å². The van der Waals surface area contributed by atoms with Crippen molar-refractivity contribution in [3.8, 4) is 0 Å². The molecular formula is C12H25NO. The Labute approximate surface area is 88.3 Å². The molecule has 1 heterocycles. The second-order valence-electron chi connectivity index (χ2n) is 4.90. The van der Waals surface area contributed by atoms with Crippen molar-refractivity contribution in [2.75, 3.05) is 19.7 Å². The highest BCUT2D eigenvalue weighted by atomic mass is 16.3. The number of aliphatic hydroxyl groups is 1. The zero-order valence-electron chi connectivity index (χ0n) is 9.71. The standard InChI is InChI=1S/C12H25NO/c1-11(2)7-9-13-8-5-3-4-6-12(13)10-14/h11-12,14H,3-10H2,1-2H3. The van der Waals surface area contributed by atoms with Crippen LogP contribution in [0.15, 0.2) is 0 Å². The Balaban J connectivity index is 2.36. The molecule has 2 nitrogen and oxygen atoms in total. The molecule has 1 saturated heterocycles. The minimum absolute atomic E-state index is 0.345. The molecule has 84 valence electrons. The van der Waals surface area contributed by atoms with Gasteiger partial charge in [-0.15, -0.1) is 0 Å². The minimum atomic E-state index is 0.345. The van der Waals surface area contributed by atoms with Crippen molar-refractivity contribution in [2.45, 2.75) is 52.0 Å². The van der Waals surface area contributed by atoms with Crippen LogP contribution >= 0.6 is 0 Å². The van der Waals surface area contributed by atoms with Crippen LogP contribution in [0, 0.1) is 5.92 Å². The largest absolute Gasteiger partial charge is 0.395 e. The van der Waals surface area contributed by atoms with Crippen molar-refractivity contribution >= 4 is 0 Å². The zero-order chi connectivity index (χ0) is 10.4. The molecule has 0 aromatic rings. The van der Waals surface area contributed by atoms with Gasteiger partial charge in [0.2, 0.25) is 0 Å². The number of rotatable bonds is 4. The molecule has 0 bridgehead atoms. The molecule has 1 atom stereocenters. The number of aliphatic hydroxyl groups excluding tert-OH is 1. The zero-order valence-corrected chi connectivity index (χ0v) is 9.71. The van der Waals surface area contributed by atoms with E-state index in [9.17, 15) is 5.11 Å². The average Bonchev–Trinajstić information content (AvgIpc) is 2.38. The third kappa shape index (κ3) is 3.97. The van der Waals surface area contributed by atoms with Crippen molar-refractivity contribution in [3.05, 3.63) is 0 Å². The predicted molar refractivity (Wildman–Crippen MR) is 60.4 cm³/mol. The van der Waals surface area contributed by atoms with Crippen LogP contribution in [0.1, 0.15) is 46.0 Å². The van der Waals surface area contributed by atoms with Gasteiger partial charge in [0, 0.05) is 6.04 Å². The van der Waals surface area contributed by atoms with Gasteiger partial charge in [-0.3, -0.25) is 4.90 Å². The summed E-state index contributed by atoms with van der Waals surface area (Å²) in [7, 11) is 0. The van der Waals surface area contributed by atoms with Crippen molar-refractivity contribution in [1.29, 1.82) is 0 Å². The summed E-state index contributed by atoms with van der Waals surface area (Å²) in [4.78, 5) is 2.49. The lowest BCUT2D eigenvalue weighted by molar-refractivity contribution is 0.120. The maximum Gasteiger partial charge on any atom is 0.0586 e. The highest BCUT2D eigenvalue weighted by molar-refractivity contribution is 4.74. The first-order valence-electron chi connectivity index (χ1n) is 6.09. The van der Waals surface area contributed by atoms with E-state index in [-0.39, 0.29) is 0 Å². The van der Waals surface area contributed by atoms with Gasteiger partial charge in [-0.05, 0) is 38.3 Å². The predicted octanol–water partition coefficient (Wildman–Crippen LogP) is 2.27. The lowest BCUT2D eigenvalue weighted by Crippen LogP contribution is -2.38. The SMILES string of the molecule is CC(C)CCN1CCCCCC1CO. The third-order valence-corrected chi connectivity index (χ3v) is 3.20. The molecule has 1 fully saturated rings. The average molecular weight is 199 g/mol. The summed E-state index contributed by atoms with van der Waals surface area (Å²) in [5.41, 5.74) is 0. The van der Waals surface area contributed by atoms with E-state index >= 15 is 0 Å². The van der Waals surface area contributed by atoms with Gasteiger partial charge in [0.1, 0.15) is 0 Å². The van der Waals surface area contributed by atoms with E-state index in [1.165, 1.54) is 45.2 Å². The summed E-state index contributed by atoms with van der Waals surface area (Å²) in [6.45, 7) is 7.25. The molecule has 0 radical (unpaired) electrons. The maximum atomic E-state index is 9.31. The van der Waals surface area contributed by atoms with E-state index < -0.39 is 0 Å². The Morgan fingerprint density at radius 2 is 2.07 bits per heavy atom. The molecule has 14 heavy (non-hydrogen) atoms. The van der Waals surface area contributed by atoms with Crippen LogP contribution < -0.4 is 0 Å². The summed E-state index contributed by atoms with van der Waals surface area (Å²) >= 11 is 0. The maximum absolute atomic E-state index is 9.31. The van der Waals surface area contributed by atoms with Crippen LogP contribution in [0.3, 0.4) is 0 Å². The smallest absolute Gasteiger partial charge is 0.0586 e. The molecule has 0 aliphatic carbocycles. The fourth-order valence-corrected chi connectivity index (χ4v) is 2.16. The molecule has 2 heteroatoms. The number of likely N-dealkylation sites (tertiary alicyclic amines) is 1. The van der Waals surface area contributed by atoms with E-state index in [0.717, 1.165) is 5.92 Å². The Bertz CT molecular complexity index is 147. The normalized spacial score (nSPS) is 25.3. The molecule has 0 spiro atoms. The molecule has 1 aliphatic heterocycles. The van der Waals surface area contributed by atoms with Gasteiger partial charge in [0.25, 0.3) is 0 Å². The van der Waals surface area contributed by atoms with Gasteiger partial charge in [-0.25, -0.2) is 0 Å². The second kappa shape index (κ2) is 6.41. The quantitative estimate of drug-likeness (QED) is 0.751. The van der Waals surface area contributed by atoms with Crippen LogP contribution in [-0.2, 0) is 0 Å². The molecule has 0 saturated carbocycles. The van der Waals surface area contributed by atoms with Gasteiger partial charge < -0.3 is 5.11 Å². The second-order valence-corrected chi connectivity index (χ2v) is 4.90. The van der Waals surface area contributed by atoms with Crippen molar-refractivity contribution in [3.63, 3.8) is 0 Å². The van der Waals surface area contributed by atoms with E-state index in [1.807, 2.05) is 0 Å². The number of hydrogen-bond acceptors (Lipinski definition) is 2. The summed E-state index contributed by atoms with van der Waals surface area (Å²) in [5.74, 6) is 0.776. The van der Waals surface area contributed by atoms with Crippen LogP contribution in [0.4, 0.5) is 0 Å². The lowest BCUT2D eigenvalue weighted by Gasteiger charge is -2.28. The highest BCUT2D eigenvalue weighted by Gasteiger charge is 2.19. The topological polar surface area (TPSA) is 23.5 Å². The monoisotopic (exact) mass is 199 g/mol. The molecule has 1 N–H and O–H groups in total. The Morgan fingerprint density at radius 1 is 1.29 bits per heavy atom. The molecule has 0 aromatic carbocycles. The van der Waals surface area contributed by atoms with Crippen molar-refractivity contribution in [1.82, 2.24) is 4.90 Å². The molecule has 0 amide bonds. The summed E-state index contributed by atoms with van der Waals surface area (Å²) in [5, 5.41) is 9.31. The minimum Gasteiger partial charge on any atom is -0.395 e. The van der Waals surface area contributed by atoms with Crippen LogP contribution in [-0.4, -0.2) is 35.7 Å². The Morgan fingerprint density at radius 3 is 2.71 bits per heavy atom. The van der Waals surface area contributed by atoms with Crippen LogP contribution in [0.25, 0.3) is 0 Å². The molecule has 1 aliphatic rings.